The van der Waals surface area contributed by atoms with Crippen LogP contribution in [0.4, 0.5) is 0 Å². The molecule has 0 aromatic heterocycles. The van der Waals surface area contributed by atoms with Gasteiger partial charge in [0.1, 0.15) is 12.4 Å². The molecule has 1 saturated heterocycles. The fourth-order valence-electron chi connectivity index (χ4n) is 2.30. The maximum Gasteiger partial charge on any atom is 0.243 e. The number of hydrogen-bond donors (Lipinski definition) is 1. The monoisotopic (exact) mass is 298 g/mol. The predicted molar refractivity (Wildman–Crippen MR) is 78.1 cm³/mol. The molecule has 2 N–H and O–H groups in total. The summed E-state index contributed by atoms with van der Waals surface area (Å²) in [6.45, 7) is 6.19. The van der Waals surface area contributed by atoms with Crippen LogP contribution >= 0.6 is 0 Å². The van der Waals surface area contributed by atoms with Crippen LogP contribution in [0, 0.1) is 5.41 Å². The van der Waals surface area contributed by atoms with Crippen LogP contribution in [-0.2, 0) is 10.0 Å². The van der Waals surface area contributed by atoms with Crippen LogP contribution in [0.25, 0.3) is 0 Å². The van der Waals surface area contributed by atoms with Crippen LogP contribution in [0.1, 0.15) is 20.3 Å². The Bertz CT molecular complexity index is 552. The van der Waals surface area contributed by atoms with E-state index in [9.17, 15) is 8.42 Å². The predicted octanol–water partition coefficient (Wildman–Crippen LogP) is 1.44. The number of nitrogens with zero attached hydrogens (tertiary/aromatic N) is 1. The molecule has 1 aliphatic rings. The zero-order valence-electron chi connectivity index (χ0n) is 12.0. The molecule has 0 saturated carbocycles. The van der Waals surface area contributed by atoms with Crippen LogP contribution in [0.3, 0.4) is 0 Å². The second-order valence-electron chi connectivity index (χ2n) is 5.86. The minimum Gasteiger partial charge on any atom is -0.492 e. The SMILES string of the molecule is CC1(C)CCN(S(=O)(=O)c2ccc(OCCN)cc2)C1. The first-order valence-corrected chi connectivity index (χ1v) is 8.22. The van der Waals surface area contributed by atoms with Crippen molar-refractivity contribution in [1.82, 2.24) is 4.31 Å². The van der Waals surface area contributed by atoms with Crippen molar-refractivity contribution in [1.29, 1.82) is 0 Å². The first kappa shape index (κ1) is 15.3. The van der Waals surface area contributed by atoms with E-state index in [1.165, 1.54) is 0 Å². The van der Waals surface area contributed by atoms with Crippen molar-refractivity contribution in [3.8, 4) is 5.75 Å². The van der Waals surface area contributed by atoms with Gasteiger partial charge in [0.05, 0.1) is 4.90 Å². The standard InChI is InChI=1S/C14H22N2O3S/c1-14(2)7-9-16(11-14)20(17,18)13-5-3-12(4-6-13)19-10-8-15/h3-6H,7-11,15H2,1-2H3. The largest absolute Gasteiger partial charge is 0.492 e. The van der Waals surface area contributed by atoms with Crippen LogP contribution in [0.15, 0.2) is 29.2 Å². The molecule has 0 spiro atoms. The van der Waals surface area contributed by atoms with Crippen molar-refractivity contribution in [3.63, 3.8) is 0 Å². The summed E-state index contributed by atoms with van der Waals surface area (Å²) >= 11 is 0. The summed E-state index contributed by atoms with van der Waals surface area (Å²) in [5.74, 6) is 0.635. The Labute approximate surface area is 120 Å². The molecule has 0 aliphatic carbocycles. The average molecular weight is 298 g/mol. The summed E-state index contributed by atoms with van der Waals surface area (Å²) in [5.41, 5.74) is 5.41. The second kappa shape index (κ2) is 5.71. The Morgan fingerprint density at radius 2 is 1.95 bits per heavy atom. The molecule has 1 aromatic rings. The van der Waals surface area contributed by atoms with Crippen LogP contribution in [-0.4, -0.2) is 39.0 Å². The Kier molecular flexibility index (Phi) is 4.36. The van der Waals surface area contributed by atoms with Crippen molar-refractivity contribution in [2.75, 3.05) is 26.2 Å². The van der Waals surface area contributed by atoms with E-state index in [-0.39, 0.29) is 5.41 Å². The molecular weight excluding hydrogens is 276 g/mol. The minimum absolute atomic E-state index is 0.0528. The number of benzene rings is 1. The van der Waals surface area contributed by atoms with Gasteiger partial charge in [-0.2, -0.15) is 4.31 Å². The summed E-state index contributed by atoms with van der Waals surface area (Å²) < 4.78 is 31.9. The lowest BCUT2D eigenvalue weighted by molar-refractivity contribution is 0.328. The minimum atomic E-state index is -3.39. The zero-order chi connectivity index (χ0) is 14.8. The van der Waals surface area contributed by atoms with E-state index in [4.69, 9.17) is 10.5 Å². The van der Waals surface area contributed by atoms with Crippen molar-refractivity contribution in [2.45, 2.75) is 25.2 Å². The van der Waals surface area contributed by atoms with Gasteiger partial charge in [0.15, 0.2) is 0 Å². The maximum absolute atomic E-state index is 12.5. The molecule has 20 heavy (non-hydrogen) atoms. The number of rotatable bonds is 5. The van der Waals surface area contributed by atoms with E-state index in [1.807, 2.05) is 0 Å². The highest BCUT2D eigenvalue weighted by Gasteiger charge is 2.36. The zero-order valence-corrected chi connectivity index (χ0v) is 12.8. The van der Waals surface area contributed by atoms with Gasteiger partial charge >= 0.3 is 0 Å². The lowest BCUT2D eigenvalue weighted by Crippen LogP contribution is -2.30. The molecule has 0 unspecified atom stereocenters. The van der Waals surface area contributed by atoms with E-state index >= 15 is 0 Å². The van der Waals surface area contributed by atoms with Gasteiger partial charge in [0.2, 0.25) is 10.0 Å². The molecule has 1 fully saturated rings. The molecule has 2 rings (SSSR count). The first-order valence-electron chi connectivity index (χ1n) is 6.78. The molecule has 0 radical (unpaired) electrons. The van der Waals surface area contributed by atoms with Gasteiger partial charge in [0.25, 0.3) is 0 Å². The van der Waals surface area contributed by atoms with Crippen molar-refractivity contribution >= 4 is 10.0 Å². The number of nitrogens with two attached hydrogens (primary N) is 1. The van der Waals surface area contributed by atoms with Crippen molar-refractivity contribution < 1.29 is 13.2 Å². The van der Waals surface area contributed by atoms with E-state index in [1.54, 1.807) is 28.6 Å². The maximum atomic E-state index is 12.5. The highest BCUT2D eigenvalue weighted by atomic mass is 32.2. The molecule has 1 aromatic carbocycles. The Morgan fingerprint density at radius 3 is 2.45 bits per heavy atom. The third kappa shape index (κ3) is 3.31. The Morgan fingerprint density at radius 1 is 1.30 bits per heavy atom. The average Bonchev–Trinajstić information content (AvgIpc) is 2.78. The molecule has 1 aliphatic heterocycles. The first-order chi connectivity index (χ1) is 9.35. The van der Waals surface area contributed by atoms with Crippen LogP contribution in [0.2, 0.25) is 0 Å². The molecule has 5 nitrogen and oxygen atoms in total. The molecule has 0 atom stereocenters. The number of ether oxygens (including phenoxy) is 1. The number of hydrogen-bond acceptors (Lipinski definition) is 4. The fraction of sp³-hybridized carbons (Fsp3) is 0.571. The van der Waals surface area contributed by atoms with Crippen LogP contribution < -0.4 is 10.5 Å². The molecule has 112 valence electrons. The van der Waals surface area contributed by atoms with Gasteiger partial charge in [-0.05, 0) is 36.1 Å². The summed E-state index contributed by atoms with van der Waals surface area (Å²) in [5, 5.41) is 0. The third-order valence-electron chi connectivity index (χ3n) is 3.49. The van der Waals surface area contributed by atoms with Gasteiger partial charge in [-0.25, -0.2) is 8.42 Å². The van der Waals surface area contributed by atoms with Gasteiger partial charge in [-0.15, -0.1) is 0 Å². The highest BCUT2D eigenvalue weighted by molar-refractivity contribution is 7.89. The Balaban J connectivity index is 2.14. The molecule has 0 bridgehead atoms. The fourth-order valence-corrected chi connectivity index (χ4v) is 3.93. The summed E-state index contributed by atoms with van der Waals surface area (Å²) in [6.07, 6.45) is 0.893. The van der Waals surface area contributed by atoms with Gasteiger partial charge < -0.3 is 10.5 Å². The third-order valence-corrected chi connectivity index (χ3v) is 5.35. The lowest BCUT2D eigenvalue weighted by Gasteiger charge is -2.19. The quantitative estimate of drug-likeness (QED) is 0.893. The molecule has 0 amide bonds. The van der Waals surface area contributed by atoms with E-state index in [0.29, 0.717) is 36.9 Å². The smallest absolute Gasteiger partial charge is 0.243 e. The van der Waals surface area contributed by atoms with Gasteiger partial charge in [-0.1, -0.05) is 13.8 Å². The molecular formula is C14H22N2O3S. The number of sulfonamides is 1. The van der Waals surface area contributed by atoms with Crippen molar-refractivity contribution in [2.24, 2.45) is 11.1 Å². The lowest BCUT2D eigenvalue weighted by atomic mass is 9.93. The summed E-state index contributed by atoms with van der Waals surface area (Å²) in [7, 11) is -3.39. The summed E-state index contributed by atoms with van der Waals surface area (Å²) in [4.78, 5) is 0.315. The Hall–Kier alpha value is -1.11. The van der Waals surface area contributed by atoms with Gasteiger partial charge in [0, 0.05) is 19.6 Å². The highest BCUT2D eigenvalue weighted by Crippen LogP contribution is 2.32. The van der Waals surface area contributed by atoms with Gasteiger partial charge in [-0.3, -0.25) is 0 Å². The molecule has 1 heterocycles. The van der Waals surface area contributed by atoms with Crippen molar-refractivity contribution in [3.05, 3.63) is 24.3 Å². The van der Waals surface area contributed by atoms with Crippen LogP contribution in [0.5, 0.6) is 5.75 Å². The van der Waals surface area contributed by atoms with E-state index in [2.05, 4.69) is 13.8 Å². The second-order valence-corrected chi connectivity index (χ2v) is 7.80. The normalized spacial score (nSPS) is 19.1. The molecule has 6 heteroatoms. The summed E-state index contributed by atoms with van der Waals surface area (Å²) in [6, 6.07) is 6.52. The van der Waals surface area contributed by atoms with E-state index < -0.39 is 10.0 Å². The topological polar surface area (TPSA) is 72.6 Å². The van der Waals surface area contributed by atoms with E-state index in [0.717, 1.165) is 6.42 Å².